The summed E-state index contributed by atoms with van der Waals surface area (Å²) in [6.07, 6.45) is -0.0581. The maximum Gasteiger partial charge on any atom is 1.00 e. The van der Waals surface area contributed by atoms with Crippen LogP contribution in [0.1, 0.15) is 31.9 Å². The Morgan fingerprint density at radius 3 is 2.34 bits per heavy atom. The van der Waals surface area contributed by atoms with Gasteiger partial charge in [-0.3, -0.25) is 28.9 Å². The van der Waals surface area contributed by atoms with Crippen molar-refractivity contribution in [2.24, 2.45) is 5.73 Å². The number of nitrogens with one attached hydrogen (secondary N) is 4. The number of thioether (sulfide) groups is 1. The van der Waals surface area contributed by atoms with Gasteiger partial charge in [-0.2, -0.15) is 0 Å². The summed E-state index contributed by atoms with van der Waals surface area (Å²) in [6.45, 7) is 2.98. The van der Waals surface area contributed by atoms with Gasteiger partial charge in [0.2, 0.25) is 24.1 Å². The third kappa shape index (κ3) is 5.47. The first-order valence-corrected chi connectivity index (χ1v) is 12.0. The van der Waals surface area contributed by atoms with Gasteiger partial charge >= 0.3 is 29.6 Å². The molecule has 5 amide bonds. The van der Waals surface area contributed by atoms with Gasteiger partial charge in [-0.15, -0.1) is 11.8 Å². The van der Waals surface area contributed by atoms with Crippen LogP contribution in [0.2, 0.25) is 0 Å². The largest absolute Gasteiger partial charge is 1.00 e. The average molecular weight is 559 g/mol. The first-order valence-electron chi connectivity index (χ1n) is 11.1. The number of hydrogen-bond acceptors (Lipinski definition) is 10. The van der Waals surface area contributed by atoms with Crippen LogP contribution in [0, 0.1) is 0 Å². The molecule has 0 spiro atoms. The Bertz CT molecular complexity index is 1140. The SMILES string of the molecule is CNC(=O)CC(N)C(=O)NC(C(=O)N[C@@]1(C(=O)[O-])N2C(=O)[C@H](NC=O)[C@H]2SC1(C)C)c1ccc(O)cc1.[Na+]. The molecule has 0 aromatic heterocycles. The maximum absolute atomic E-state index is 13.6. The Balaban J connectivity index is 0.00000507. The number of carboxylic acids is 1. The number of aliphatic carboxylic acids is 1. The van der Waals surface area contributed by atoms with Crippen LogP contribution in [0.4, 0.5) is 0 Å². The van der Waals surface area contributed by atoms with E-state index >= 15 is 0 Å². The van der Waals surface area contributed by atoms with E-state index in [4.69, 9.17) is 5.73 Å². The van der Waals surface area contributed by atoms with E-state index in [-0.39, 0.29) is 47.3 Å². The average Bonchev–Trinajstić information content (AvgIpc) is 3.05. The number of benzene rings is 1. The standard InChI is InChI=1S/C22H28N6O8S.Na/c1-21(2)22(20(35)36,28-18(34)15(25-9-29)19(28)37-21)27-17(33)14(10-4-6-11(30)7-5-10)26-16(32)12(23)8-13(31)24-3;/h4-7,9,12,14-15,19,30H,8,23H2,1-3H3,(H,24,31)(H,25,29)(H,26,32)(H,27,33)(H,35,36);/q;+1/p-1/t12?,14?,15-,19+,22-;/m0./s1. The number of carbonyl (C=O) groups excluding carboxylic acids is 6. The van der Waals surface area contributed by atoms with E-state index in [0.717, 1.165) is 16.7 Å². The fraction of sp³-hybridized carbons (Fsp3) is 0.455. The van der Waals surface area contributed by atoms with Crippen LogP contribution in [0.3, 0.4) is 0 Å². The molecule has 16 heteroatoms. The van der Waals surface area contributed by atoms with E-state index in [1.165, 1.54) is 45.2 Å². The Morgan fingerprint density at radius 1 is 1.21 bits per heavy atom. The molecular formula is C22H27N6NaO8S. The van der Waals surface area contributed by atoms with Gasteiger partial charge in [0.25, 0.3) is 5.91 Å². The smallest absolute Gasteiger partial charge is 0.545 e. The first-order chi connectivity index (χ1) is 17.3. The number of phenolic OH excluding ortho intramolecular Hbond substituents is 1. The molecule has 0 radical (unpaired) electrons. The molecule has 2 unspecified atom stereocenters. The van der Waals surface area contributed by atoms with E-state index in [9.17, 15) is 39.0 Å². The van der Waals surface area contributed by atoms with Crippen molar-refractivity contribution < 1.29 is 68.5 Å². The molecule has 14 nitrogen and oxygen atoms in total. The van der Waals surface area contributed by atoms with E-state index in [1.54, 1.807) is 0 Å². The Labute approximate surface area is 244 Å². The van der Waals surface area contributed by atoms with Crippen molar-refractivity contribution in [3.05, 3.63) is 29.8 Å². The number of nitrogens with two attached hydrogens (primary N) is 1. The summed E-state index contributed by atoms with van der Waals surface area (Å²) in [7, 11) is 1.36. The third-order valence-corrected chi connectivity index (χ3v) is 7.94. The monoisotopic (exact) mass is 558 g/mol. The summed E-state index contributed by atoms with van der Waals surface area (Å²) >= 11 is 1.05. The second-order valence-corrected chi connectivity index (χ2v) is 10.7. The van der Waals surface area contributed by atoms with Crippen molar-refractivity contribution in [3.8, 4) is 5.75 Å². The summed E-state index contributed by atoms with van der Waals surface area (Å²) in [5.41, 5.74) is 3.60. The molecule has 1 aromatic carbocycles. The van der Waals surface area contributed by atoms with Gasteiger partial charge < -0.3 is 42.0 Å². The van der Waals surface area contributed by atoms with Crippen LogP contribution >= 0.6 is 11.8 Å². The summed E-state index contributed by atoms with van der Waals surface area (Å²) < 4.78 is -1.33. The van der Waals surface area contributed by atoms with E-state index in [1.807, 2.05) is 0 Å². The fourth-order valence-corrected chi connectivity index (χ4v) is 6.02. The molecule has 0 saturated carbocycles. The normalized spacial score (nSPS) is 24.4. The van der Waals surface area contributed by atoms with Gasteiger partial charge in [-0.25, -0.2) is 0 Å². The van der Waals surface area contributed by atoms with Crippen LogP contribution in [-0.2, 0) is 28.8 Å². The van der Waals surface area contributed by atoms with Gasteiger partial charge in [0.1, 0.15) is 23.2 Å². The number of carbonyl (C=O) groups is 6. The number of carboxylic acid groups (broad SMARTS) is 1. The number of aromatic hydroxyl groups is 1. The summed E-state index contributed by atoms with van der Waals surface area (Å²) in [5, 5.41) is 30.9. The topological polar surface area (TPSA) is 223 Å². The number of rotatable bonds is 10. The quantitative estimate of drug-likeness (QED) is 0.0905. The van der Waals surface area contributed by atoms with Gasteiger partial charge in [0, 0.05) is 7.05 Å². The molecule has 0 aliphatic carbocycles. The Morgan fingerprint density at radius 2 is 1.82 bits per heavy atom. The number of fused-ring (bicyclic) bond motifs is 1. The molecular weight excluding hydrogens is 531 g/mol. The minimum atomic E-state index is -2.35. The zero-order valence-corrected chi connectivity index (χ0v) is 24.0. The Kier molecular flexibility index (Phi) is 9.83. The molecule has 200 valence electrons. The molecule has 2 fully saturated rings. The summed E-state index contributed by atoms with van der Waals surface area (Å²) in [6, 6.07) is 1.30. The van der Waals surface area contributed by atoms with Crippen molar-refractivity contribution in [1.29, 1.82) is 0 Å². The Hall–Kier alpha value is -2.85. The van der Waals surface area contributed by atoms with Crippen LogP contribution in [0.5, 0.6) is 5.75 Å². The third-order valence-electron chi connectivity index (χ3n) is 6.33. The molecule has 2 saturated heterocycles. The zero-order valence-electron chi connectivity index (χ0n) is 21.1. The van der Waals surface area contributed by atoms with Crippen molar-refractivity contribution >= 4 is 47.8 Å². The second kappa shape index (κ2) is 11.9. The molecule has 2 aliphatic heterocycles. The summed E-state index contributed by atoms with van der Waals surface area (Å²) in [4.78, 5) is 75.1. The summed E-state index contributed by atoms with van der Waals surface area (Å²) in [5.74, 6) is -5.07. The zero-order chi connectivity index (χ0) is 27.7. The molecule has 2 aliphatic rings. The van der Waals surface area contributed by atoms with Crippen molar-refractivity contribution in [3.63, 3.8) is 0 Å². The fourth-order valence-electron chi connectivity index (χ4n) is 4.31. The van der Waals surface area contributed by atoms with E-state index < -0.39 is 63.5 Å². The number of amides is 5. The van der Waals surface area contributed by atoms with Crippen molar-refractivity contribution in [1.82, 2.24) is 26.2 Å². The second-order valence-electron chi connectivity index (χ2n) is 8.99. The molecule has 5 atom stereocenters. The van der Waals surface area contributed by atoms with Gasteiger partial charge in [0.15, 0.2) is 5.66 Å². The number of nitrogens with zero attached hydrogens (tertiary/aromatic N) is 1. The van der Waals surface area contributed by atoms with E-state index in [2.05, 4.69) is 21.3 Å². The minimum Gasteiger partial charge on any atom is -0.545 e. The number of β-lactam (4-membered cyclic amide) rings is 1. The van der Waals surface area contributed by atoms with Crippen LogP contribution in [0.25, 0.3) is 0 Å². The van der Waals surface area contributed by atoms with Gasteiger partial charge in [0.05, 0.1) is 23.2 Å². The predicted octanol–water partition coefficient (Wildman–Crippen LogP) is -6.61. The number of hydrogen-bond donors (Lipinski definition) is 6. The molecule has 1 aromatic rings. The molecule has 2 heterocycles. The predicted molar refractivity (Wildman–Crippen MR) is 127 cm³/mol. The van der Waals surface area contributed by atoms with Crippen molar-refractivity contribution in [2.45, 2.75) is 54.2 Å². The first kappa shape index (κ1) is 31.4. The maximum atomic E-state index is 13.6. The van der Waals surface area contributed by atoms with Gasteiger partial charge in [-0.05, 0) is 31.5 Å². The van der Waals surface area contributed by atoms with E-state index in [0.29, 0.717) is 6.41 Å². The molecule has 38 heavy (non-hydrogen) atoms. The number of phenols is 1. The molecule has 7 N–H and O–H groups in total. The van der Waals surface area contributed by atoms with Gasteiger partial charge in [-0.1, -0.05) is 12.1 Å². The minimum absolute atomic E-state index is 0. The molecule has 0 bridgehead atoms. The van der Waals surface area contributed by atoms with Crippen LogP contribution < -0.4 is 61.7 Å². The van der Waals surface area contributed by atoms with Crippen LogP contribution in [-0.4, -0.2) is 80.9 Å². The van der Waals surface area contributed by atoms with Crippen LogP contribution in [0.15, 0.2) is 24.3 Å². The molecule has 3 rings (SSSR count). The van der Waals surface area contributed by atoms with Crippen molar-refractivity contribution in [2.75, 3.05) is 7.05 Å².